The molecule has 0 unspecified atom stereocenters. The molecule has 0 rings (SSSR count). The number of halogens is 12. The summed E-state index contributed by atoms with van der Waals surface area (Å²) in [4.78, 5) is 0. The van der Waals surface area contributed by atoms with Gasteiger partial charge in [0, 0.05) is 0 Å². The quantitative estimate of drug-likeness (QED) is 0.183. The van der Waals surface area contributed by atoms with Crippen molar-refractivity contribution in [1.29, 1.82) is 0 Å². The Balaban J connectivity index is 0. The second kappa shape index (κ2) is 468. The molecule has 0 aromatic rings. The second-order valence-corrected chi connectivity index (χ2v) is 0. The molecule has 0 aromatic heterocycles. The van der Waals surface area contributed by atoms with E-state index in [1.54, 1.807) is 0 Å². The van der Waals surface area contributed by atoms with Crippen molar-refractivity contribution in [3.05, 3.63) is 0 Å². The van der Waals surface area contributed by atoms with Gasteiger partial charge in [-0.25, -0.2) is 0 Å². The van der Waals surface area contributed by atoms with Gasteiger partial charge in [-0.05, 0) is 0 Å². The summed E-state index contributed by atoms with van der Waals surface area (Å²) in [6.07, 6.45) is 0. The van der Waals surface area contributed by atoms with Crippen molar-refractivity contribution >= 4 is 66.2 Å². The van der Waals surface area contributed by atoms with Crippen LogP contribution < -0.4 is 56.5 Å². The zero-order chi connectivity index (χ0) is 0. The van der Waals surface area contributed by atoms with E-state index in [1.165, 1.54) is 0 Å². The summed E-state index contributed by atoms with van der Waals surface area (Å²) >= 11 is 0. The summed E-state index contributed by atoms with van der Waals surface area (Å²) in [5.41, 5.74) is 0. The third-order valence-electron chi connectivity index (χ3n) is 0. The Morgan fingerprint density at radius 2 is 0.312 bits per heavy atom. The number of hydrogen-bond acceptors (Lipinski definition) is 0. The van der Waals surface area contributed by atoms with Crippen LogP contribution in [0.2, 0.25) is 0 Å². The zero-order valence-electron chi connectivity index (χ0n) is 6.67. The zero-order valence-corrected chi connectivity index (χ0v) is 17.0. The molecule has 0 N–H and O–H groups in total. The second-order valence-electron chi connectivity index (χ2n) is 0. The van der Waals surface area contributed by atoms with Gasteiger partial charge in [-0.1, -0.05) is 0 Å². The van der Waals surface area contributed by atoms with Crippen molar-refractivity contribution in [1.82, 2.24) is 0 Å². The van der Waals surface area contributed by atoms with E-state index in [0.717, 1.165) is 0 Å². The van der Waals surface area contributed by atoms with E-state index in [2.05, 4.69) is 0 Å². The van der Waals surface area contributed by atoms with Gasteiger partial charge < -0.3 is 56.5 Å². The van der Waals surface area contributed by atoms with Gasteiger partial charge in [-0.2, -0.15) is 0 Å². The van der Waals surface area contributed by atoms with Crippen LogP contribution in [-0.2, 0) is 26.2 Å². The van der Waals surface area contributed by atoms with Gasteiger partial charge in [0.05, 0.1) is 0 Å². The van der Waals surface area contributed by atoms with Crippen molar-refractivity contribution in [2.75, 3.05) is 0 Å². The van der Waals surface area contributed by atoms with E-state index in [1.807, 2.05) is 0 Å². The number of rotatable bonds is 0. The van der Waals surface area contributed by atoms with Gasteiger partial charge in [-0.15, -0.1) is 0 Å². The van der Waals surface area contributed by atoms with E-state index < -0.39 is 0 Å². The molecule has 16 heavy (non-hydrogen) atoms. The summed E-state index contributed by atoms with van der Waals surface area (Å²) < 4.78 is 0. The Hall–Kier alpha value is 3.47. The maximum atomic E-state index is 0. The molecule has 1 radical (unpaired) electrons. The predicted molar refractivity (Wildman–Crippen MR) is 11.5 cm³/mol. The van der Waals surface area contributed by atoms with Gasteiger partial charge >= 0.3 is 132 Å². The molecule has 0 heterocycles. The molecule has 16 heteroatoms. The van der Waals surface area contributed by atoms with E-state index in [0.29, 0.717) is 0 Å². The summed E-state index contributed by atoms with van der Waals surface area (Å²) in [7, 11) is 0. The first-order chi connectivity index (χ1) is 0. The first kappa shape index (κ1) is 551. The van der Waals surface area contributed by atoms with Gasteiger partial charge in [0.1, 0.15) is 0 Å². The van der Waals surface area contributed by atoms with Gasteiger partial charge in [0.15, 0.2) is 0 Å². The van der Waals surface area contributed by atoms with Crippen molar-refractivity contribution < 1.29 is 123 Å². The molecular weight excluding hydrogens is 641 g/mol. The van der Waals surface area contributed by atoms with Crippen LogP contribution in [0.4, 0.5) is 0 Å². The third kappa shape index (κ3) is 393. The molecule has 0 nitrogen and oxygen atoms in total. The van der Waals surface area contributed by atoms with E-state index in [9.17, 15) is 0 Å². The maximum Gasteiger partial charge on any atom is 4.00 e. The summed E-state index contributed by atoms with van der Waals surface area (Å²) in [6.45, 7) is 0. The van der Waals surface area contributed by atoms with E-state index in [4.69, 9.17) is 0 Å². The Morgan fingerprint density at radius 1 is 0.312 bits per heavy atom. The van der Waals surface area contributed by atoms with Crippen molar-refractivity contribution in [2.24, 2.45) is 0 Å². The van der Waals surface area contributed by atoms with Crippen molar-refractivity contribution in [3.8, 4) is 0 Å². The van der Waals surface area contributed by atoms with Gasteiger partial charge in [-0.3, -0.25) is 0 Å². The molecule has 0 amide bonds. The van der Waals surface area contributed by atoms with E-state index in [-0.39, 0.29) is 189 Å². The number of hydrogen-bond donors (Lipinski definition) is 0. The first-order valence-electron chi connectivity index (χ1n) is 0. The fourth-order valence-electron chi connectivity index (χ4n) is 0. The Kier molecular flexibility index (Phi) is 16100. The van der Waals surface area contributed by atoms with Gasteiger partial charge in [0.25, 0.3) is 0 Å². The molecule has 0 aliphatic heterocycles. The molecule has 0 bridgehead atoms. The average molecular weight is 641 g/mol. The largest absolute Gasteiger partial charge is 4.00 e. The minimum absolute atomic E-state index is 0. The molecular formula is AlBaF12GdZr. The molecule has 0 saturated heterocycles. The van der Waals surface area contributed by atoms with Crippen LogP contribution in [0.3, 0.4) is 0 Å². The normalized spacial score (nSPS) is 0. The fraction of sp³-hybridized carbons (Fsp3) is 0. The Bertz CT molecular complexity index is 21.0. The van der Waals surface area contributed by atoms with Crippen LogP contribution in [0.5, 0.6) is 0 Å². The van der Waals surface area contributed by atoms with Gasteiger partial charge in [0.2, 0.25) is 0 Å². The Labute approximate surface area is 185 Å². The third-order valence-corrected chi connectivity index (χ3v) is 0. The summed E-state index contributed by atoms with van der Waals surface area (Å²) in [6, 6.07) is 0. The molecule has 0 fully saturated rings. The van der Waals surface area contributed by atoms with Crippen LogP contribution in [0.1, 0.15) is 0 Å². The molecule has 0 spiro atoms. The minimum atomic E-state index is 0. The van der Waals surface area contributed by atoms with Crippen molar-refractivity contribution in [2.45, 2.75) is 0 Å². The van der Waals surface area contributed by atoms with Crippen LogP contribution in [0, 0.1) is 39.9 Å². The van der Waals surface area contributed by atoms with Crippen LogP contribution in [0.25, 0.3) is 0 Å². The van der Waals surface area contributed by atoms with Crippen LogP contribution >= 0.6 is 0 Å². The minimum Gasteiger partial charge on any atom is -1.00 e. The fourth-order valence-corrected chi connectivity index (χ4v) is 0. The molecule has 0 aliphatic rings. The van der Waals surface area contributed by atoms with Crippen LogP contribution in [0.15, 0.2) is 0 Å². The smallest absolute Gasteiger partial charge is 1.00 e. The average Bonchev–Trinajstić information content (AvgIpc) is 0. The SMILES string of the molecule is [Al+3].[Ba+2].[F-].[F-].[F-].[F-].[F-].[F-].[F-].[F-].[F-].[F-].[F-].[F-].[Gd+3].[Zr+4]. The molecule has 0 aromatic carbocycles. The predicted octanol–water partition coefficient (Wildman–Crippen LogP) is -36.7. The Morgan fingerprint density at radius 3 is 0.312 bits per heavy atom. The summed E-state index contributed by atoms with van der Waals surface area (Å²) in [5, 5.41) is 0. The molecule has 101 valence electrons. The topological polar surface area (TPSA) is 0 Å². The van der Waals surface area contributed by atoms with Crippen LogP contribution in [-0.4, -0.2) is 66.2 Å². The maximum absolute atomic E-state index is 0. The monoisotopic (exact) mass is 641 g/mol. The van der Waals surface area contributed by atoms with Crippen molar-refractivity contribution in [3.63, 3.8) is 0 Å². The molecule has 0 aliphatic carbocycles. The molecule has 0 saturated carbocycles. The molecule has 0 atom stereocenters. The van der Waals surface area contributed by atoms with E-state index >= 15 is 0 Å². The summed E-state index contributed by atoms with van der Waals surface area (Å²) in [5.74, 6) is 0. The standard InChI is InChI=1S/Al.Ba.12FH.Gd.Zr/h;;12*1H;;/q+3;+2;;;;;;;;;;;;;+3;+4/p-12. The first-order valence-corrected chi connectivity index (χ1v) is 0.